The van der Waals surface area contributed by atoms with Gasteiger partial charge in [-0.2, -0.15) is 9.67 Å². The fourth-order valence-corrected chi connectivity index (χ4v) is 3.76. The van der Waals surface area contributed by atoms with Gasteiger partial charge in [0.2, 0.25) is 5.82 Å². The van der Waals surface area contributed by atoms with E-state index in [0.29, 0.717) is 45.6 Å². The number of aryl methyl sites for hydroxylation is 1. The Morgan fingerprint density at radius 3 is 2.43 bits per heavy atom. The monoisotopic (exact) mass is 498 g/mol. The lowest BCUT2D eigenvalue weighted by atomic mass is 10.1. The third kappa shape index (κ3) is 5.11. The number of nitrogens with two attached hydrogens (primary N) is 1. The van der Waals surface area contributed by atoms with Gasteiger partial charge in [-0.3, -0.25) is 0 Å². The largest absolute Gasteiger partial charge is 0.489 e. The molecular weight excluding hydrogens is 473 g/mol. The molecule has 0 aliphatic rings. The van der Waals surface area contributed by atoms with Gasteiger partial charge in [-0.25, -0.2) is 14.4 Å². The van der Waals surface area contributed by atoms with Crippen molar-refractivity contribution in [2.45, 2.75) is 39.8 Å². The van der Waals surface area contributed by atoms with Crippen LogP contribution in [0.5, 0.6) is 17.2 Å². The average Bonchev–Trinajstić information content (AvgIpc) is 3.26. The summed E-state index contributed by atoms with van der Waals surface area (Å²) in [6, 6.07) is 11.5. The Morgan fingerprint density at radius 2 is 1.73 bits per heavy atom. The molecule has 2 N–H and O–H groups in total. The molecule has 186 valence electrons. The quantitative estimate of drug-likeness (QED) is 0.365. The first-order valence-electron chi connectivity index (χ1n) is 11.6. The number of rotatable bonds is 6. The average molecular weight is 499 g/mol. The SMILES string of the molecule is Cc1ncc(COc2cc(F)cc(Oc3ccc(-c4nn(C(C)(C)C)c5[n+]#cnc(N)c45)cc3)c2)cn1. The van der Waals surface area contributed by atoms with E-state index in [0.717, 1.165) is 11.1 Å². The minimum absolute atomic E-state index is 0.206. The Morgan fingerprint density at radius 1 is 1.03 bits per heavy atom. The molecule has 5 aromatic rings. The maximum atomic E-state index is 14.3. The van der Waals surface area contributed by atoms with Crippen molar-refractivity contribution in [3.8, 4) is 28.5 Å². The van der Waals surface area contributed by atoms with Crippen molar-refractivity contribution in [1.82, 2.24) is 24.7 Å². The molecule has 3 heterocycles. The molecule has 9 nitrogen and oxygen atoms in total. The highest BCUT2D eigenvalue weighted by Crippen LogP contribution is 2.33. The molecule has 0 unspecified atom stereocenters. The Bertz CT molecular complexity index is 1560. The lowest BCUT2D eigenvalue weighted by molar-refractivity contribution is -0.268. The Labute approximate surface area is 213 Å². The van der Waals surface area contributed by atoms with Crippen LogP contribution < -0.4 is 20.2 Å². The van der Waals surface area contributed by atoms with Crippen LogP contribution in [0.15, 0.2) is 54.9 Å². The Kier molecular flexibility index (Phi) is 6.05. The van der Waals surface area contributed by atoms with Crippen LogP contribution in [0.25, 0.3) is 22.3 Å². The number of aromatic nitrogens is 6. The zero-order valence-electron chi connectivity index (χ0n) is 20.9. The lowest BCUT2D eigenvalue weighted by Crippen LogP contribution is -2.25. The third-order valence-electron chi connectivity index (χ3n) is 5.53. The van der Waals surface area contributed by atoms with Crippen molar-refractivity contribution in [1.29, 1.82) is 0 Å². The van der Waals surface area contributed by atoms with Crippen LogP contribution in [0.1, 0.15) is 32.2 Å². The Hall–Kier alpha value is -4.78. The first kappa shape index (κ1) is 23.9. The second kappa shape index (κ2) is 9.35. The fourth-order valence-electron chi connectivity index (χ4n) is 3.76. The Balaban J connectivity index is 1.37. The third-order valence-corrected chi connectivity index (χ3v) is 5.53. The van der Waals surface area contributed by atoms with E-state index in [1.54, 1.807) is 37.5 Å². The van der Waals surface area contributed by atoms with E-state index in [9.17, 15) is 4.39 Å². The highest BCUT2D eigenvalue weighted by atomic mass is 19.1. The molecule has 5 rings (SSSR count). The van der Waals surface area contributed by atoms with Crippen LogP contribution >= 0.6 is 0 Å². The van der Waals surface area contributed by atoms with Gasteiger partial charge in [-0.1, -0.05) is 0 Å². The van der Waals surface area contributed by atoms with Crippen LogP contribution in [0.4, 0.5) is 10.2 Å². The molecule has 0 radical (unpaired) electrons. The van der Waals surface area contributed by atoms with Crippen molar-refractivity contribution in [2.24, 2.45) is 0 Å². The molecule has 0 spiro atoms. The normalized spacial score (nSPS) is 11.4. The highest BCUT2D eigenvalue weighted by Gasteiger charge is 2.30. The van der Waals surface area contributed by atoms with Gasteiger partial charge in [0.1, 0.15) is 46.7 Å². The summed E-state index contributed by atoms with van der Waals surface area (Å²) in [4.78, 5) is 16.6. The number of anilines is 1. The van der Waals surface area contributed by atoms with Gasteiger partial charge in [0.25, 0.3) is 0 Å². The number of nitrogen functional groups attached to an aromatic ring is 1. The molecule has 0 aliphatic heterocycles. The molecule has 0 aliphatic carbocycles. The minimum atomic E-state index is -0.476. The van der Waals surface area contributed by atoms with Crippen LogP contribution in [0.3, 0.4) is 0 Å². The van der Waals surface area contributed by atoms with Gasteiger partial charge in [0.05, 0.1) is 0 Å². The maximum absolute atomic E-state index is 14.3. The summed E-state index contributed by atoms with van der Waals surface area (Å²) in [5, 5.41) is 5.44. The van der Waals surface area contributed by atoms with Crippen LogP contribution in [-0.4, -0.2) is 24.7 Å². The van der Waals surface area contributed by atoms with Crippen molar-refractivity contribution in [3.05, 3.63) is 78.4 Å². The van der Waals surface area contributed by atoms with Crippen LogP contribution in [0.2, 0.25) is 0 Å². The van der Waals surface area contributed by atoms with Gasteiger partial charge in [0.15, 0.2) is 5.39 Å². The van der Waals surface area contributed by atoms with Gasteiger partial charge in [-0.15, -0.1) is 5.10 Å². The predicted molar refractivity (Wildman–Crippen MR) is 134 cm³/mol. The molecule has 3 aromatic heterocycles. The maximum Gasteiger partial charge on any atom is 0.361 e. The minimum Gasteiger partial charge on any atom is -0.489 e. The fraction of sp³-hybridized carbons (Fsp3) is 0.222. The predicted octanol–water partition coefficient (Wildman–Crippen LogP) is 4.44. The van der Waals surface area contributed by atoms with Crippen LogP contribution in [-0.2, 0) is 12.1 Å². The molecule has 0 bridgehead atoms. The van der Waals surface area contributed by atoms with Crippen molar-refractivity contribution >= 4 is 16.9 Å². The molecule has 2 aromatic carbocycles. The number of halogens is 1. The standard InChI is InChI=1S/C27H24FN7O2/c1-16-30-12-17(13-31-16)14-36-21-9-19(28)10-22(11-21)37-20-7-5-18(6-8-20)24-23-25(29)32-15-33-26(23)35(34-24)27(2,3)4/h5-13,29H,14H2,1-4H3/p+1. The van der Waals surface area contributed by atoms with E-state index in [1.807, 2.05) is 37.6 Å². The van der Waals surface area contributed by atoms with Gasteiger partial charge in [-0.05, 0) is 56.9 Å². The number of ether oxygens (including phenoxy) is 2. The number of nitrogens with zero attached hydrogens (tertiary/aromatic N) is 6. The van der Waals surface area contributed by atoms with E-state index in [4.69, 9.17) is 20.3 Å². The second-order valence-electron chi connectivity index (χ2n) is 9.51. The number of hydrogen-bond donors (Lipinski definition) is 1. The molecule has 0 atom stereocenters. The molecule has 37 heavy (non-hydrogen) atoms. The van der Waals surface area contributed by atoms with E-state index in [1.165, 1.54) is 12.1 Å². The number of fused-ring (bicyclic) bond motifs is 1. The topological polar surface area (TPSA) is 115 Å². The van der Waals surface area contributed by atoms with Crippen molar-refractivity contribution < 1.29 is 18.8 Å². The van der Waals surface area contributed by atoms with E-state index < -0.39 is 5.82 Å². The molecule has 0 amide bonds. The molecule has 10 heteroatoms. The van der Waals surface area contributed by atoms with E-state index >= 15 is 0 Å². The summed E-state index contributed by atoms with van der Waals surface area (Å²) in [5.74, 6) is 1.65. The first-order chi connectivity index (χ1) is 17.7. The molecule has 0 saturated carbocycles. The molecule has 0 fully saturated rings. The van der Waals surface area contributed by atoms with Gasteiger partial charge < -0.3 is 15.2 Å². The first-order valence-corrected chi connectivity index (χ1v) is 11.6. The number of hydrogen-bond acceptors (Lipinski definition) is 7. The van der Waals surface area contributed by atoms with Crippen molar-refractivity contribution in [3.63, 3.8) is 0 Å². The molecular formula is C27H25FN7O2+. The second-order valence-corrected chi connectivity index (χ2v) is 9.51. The highest BCUT2D eigenvalue weighted by molar-refractivity contribution is 5.96. The van der Waals surface area contributed by atoms with E-state index in [2.05, 4.69) is 26.3 Å². The van der Waals surface area contributed by atoms with Crippen LogP contribution in [0, 0.1) is 19.1 Å². The number of benzene rings is 2. The van der Waals surface area contributed by atoms with Crippen molar-refractivity contribution in [2.75, 3.05) is 5.73 Å². The molecule has 0 saturated heterocycles. The van der Waals surface area contributed by atoms with Gasteiger partial charge >= 0.3 is 12.0 Å². The summed E-state index contributed by atoms with van der Waals surface area (Å²) in [6.07, 6.45) is 5.94. The van der Waals surface area contributed by atoms with Gasteiger partial charge in [0, 0.05) is 41.7 Å². The summed E-state index contributed by atoms with van der Waals surface area (Å²) in [5.41, 5.74) is 8.70. The lowest BCUT2D eigenvalue weighted by Gasteiger charge is -2.13. The summed E-state index contributed by atoms with van der Waals surface area (Å²) >= 11 is 0. The summed E-state index contributed by atoms with van der Waals surface area (Å²) in [6.45, 7) is 8.10. The smallest absolute Gasteiger partial charge is 0.361 e. The zero-order chi connectivity index (χ0) is 26.2. The zero-order valence-corrected chi connectivity index (χ0v) is 20.9. The summed E-state index contributed by atoms with van der Waals surface area (Å²) < 4.78 is 27.7. The van der Waals surface area contributed by atoms with E-state index in [-0.39, 0.29) is 12.1 Å². The summed E-state index contributed by atoms with van der Waals surface area (Å²) in [7, 11) is 0.